The molecule has 0 saturated carbocycles. The van der Waals surface area contributed by atoms with Crippen molar-refractivity contribution in [2.75, 3.05) is 0 Å². The zero-order chi connectivity index (χ0) is 15.2. The van der Waals surface area contributed by atoms with Gasteiger partial charge in [-0.05, 0) is 38.0 Å². The quantitative estimate of drug-likeness (QED) is 0.682. The molecule has 3 nitrogen and oxygen atoms in total. The van der Waals surface area contributed by atoms with Gasteiger partial charge in [-0.25, -0.2) is 0 Å². The lowest BCUT2D eigenvalue weighted by molar-refractivity contribution is 0.513. The van der Waals surface area contributed by atoms with Crippen LogP contribution < -0.4 is 0 Å². The number of aliphatic imine (C=N–C) groups is 1. The fourth-order valence-corrected chi connectivity index (χ4v) is 3.07. The summed E-state index contributed by atoms with van der Waals surface area (Å²) in [6.45, 7) is 4.33. The van der Waals surface area contributed by atoms with Gasteiger partial charge in [-0.2, -0.15) is 0 Å². The van der Waals surface area contributed by atoms with Crippen molar-refractivity contribution >= 4 is 16.6 Å². The largest absolute Gasteiger partial charge is 0.276 e. The average Bonchev–Trinajstić information content (AvgIpc) is 2.53. The summed E-state index contributed by atoms with van der Waals surface area (Å²) < 4.78 is 0. The highest BCUT2D eigenvalue weighted by Crippen LogP contribution is 2.29. The Morgan fingerprint density at radius 1 is 0.909 bits per heavy atom. The molecule has 4 rings (SSSR count). The van der Waals surface area contributed by atoms with Crippen LogP contribution in [0, 0.1) is 0 Å². The minimum atomic E-state index is -0.114. The number of fused-ring (bicyclic) bond motifs is 2. The molecule has 0 bridgehead atoms. The summed E-state index contributed by atoms with van der Waals surface area (Å²) in [5, 5.41) is 9.85. The minimum absolute atomic E-state index is 0.114. The first-order valence-corrected chi connectivity index (χ1v) is 7.53. The molecular weight excluding hydrogens is 270 g/mol. The van der Waals surface area contributed by atoms with Crippen LogP contribution in [-0.2, 0) is 6.42 Å². The first-order chi connectivity index (χ1) is 10.6. The summed E-state index contributed by atoms with van der Waals surface area (Å²) in [7, 11) is 0. The standard InChI is InChI=1S/C19H17N3/c1-19(2)12-14-8-3-5-9-15(14)18(20-19)17-11-13-7-4-6-10-16(13)21-22-17/h3-11H,12H2,1-2H3. The molecule has 0 fully saturated rings. The first-order valence-electron chi connectivity index (χ1n) is 7.53. The van der Waals surface area contributed by atoms with Crippen molar-refractivity contribution < 1.29 is 0 Å². The third kappa shape index (κ3) is 2.19. The second kappa shape index (κ2) is 4.73. The molecule has 1 aliphatic rings. The van der Waals surface area contributed by atoms with E-state index in [1.807, 2.05) is 18.2 Å². The zero-order valence-electron chi connectivity index (χ0n) is 12.7. The van der Waals surface area contributed by atoms with Gasteiger partial charge in [0.25, 0.3) is 0 Å². The van der Waals surface area contributed by atoms with Crippen LogP contribution in [0.3, 0.4) is 0 Å². The molecule has 1 aliphatic heterocycles. The Morgan fingerprint density at radius 3 is 2.59 bits per heavy atom. The molecule has 0 atom stereocenters. The number of rotatable bonds is 1. The number of aromatic nitrogens is 2. The van der Waals surface area contributed by atoms with Gasteiger partial charge >= 0.3 is 0 Å². The van der Waals surface area contributed by atoms with Crippen LogP contribution in [-0.4, -0.2) is 21.4 Å². The van der Waals surface area contributed by atoms with Crippen molar-refractivity contribution in [3.63, 3.8) is 0 Å². The number of hydrogen-bond acceptors (Lipinski definition) is 3. The number of hydrogen-bond donors (Lipinski definition) is 0. The number of benzene rings is 2. The highest BCUT2D eigenvalue weighted by Gasteiger charge is 2.27. The van der Waals surface area contributed by atoms with Crippen LogP contribution >= 0.6 is 0 Å². The maximum atomic E-state index is 4.95. The lowest BCUT2D eigenvalue weighted by atomic mass is 9.86. The van der Waals surface area contributed by atoms with E-state index in [1.54, 1.807) is 0 Å². The fraction of sp³-hybridized carbons (Fsp3) is 0.211. The highest BCUT2D eigenvalue weighted by molar-refractivity contribution is 6.14. The Labute approximate surface area is 129 Å². The van der Waals surface area contributed by atoms with Crippen LogP contribution in [0.25, 0.3) is 10.9 Å². The van der Waals surface area contributed by atoms with Crippen molar-refractivity contribution in [2.45, 2.75) is 25.8 Å². The minimum Gasteiger partial charge on any atom is -0.276 e. The normalized spacial score (nSPS) is 16.2. The summed E-state index contributed by atoms with van der Waals surface area (Å²) >= 11 is 0. The highest BCUT2D eigenvalue weighted by atomic mass is 15.1. The lowest BCUT2D eigenvalue weighted by Crippen LogP contribution is -2.29. The summed E-state index contributed by atoms with van der Waals surface area (Å²) in [6.07, 6.45) is 0.952. The molecule has 0 aliphatic carbocycles. The van der Waals surface area contributed by atoms with E-state index in [2.05, 4.69) is 60.4 Å². The molecule has 3 aromatic rings. The first kappa shape index (κ1) is 13.1. The maximum absolute atomic E-state index is 4.95. The summed E-state index contributed by atoms with van der Waals surface area (Å²) in [5.41, 5.74) is 5.09. The van der Waals surface area contributed by atoms with E-state index in [4.69, 9.17) is 4.99 Å². The van der Waals surface area contributed by atoms with Gasteiger partial charge in [-0.3, -0.25) is 4.99 Å². The van der Waals surface area contributed by atoms with Gasteiger partial charge in [0.2, 0.25) is 0 Å². The third-order valence-electron chi connectivity index (χ3n) is 4.05. The van der Waals surface area contributed by atoms with E-state index >= 15 is 0 Å². The van der Waals surface area contributed by atoms with Crippen LogP contribution in [0.2, 0.25) is 0 Å². The van der Waals surface area contributed by atoms with E-state index < -0.39 is 0 Å². The van der Waals surface area contributed by atoms with Crippen molar-refractivity contribution in [2.24, 2.45) is 4.99 Å². The van der Waals surface area contributed by atoms with Crippen LogP contribution in [0.4, 0.5) is 0 Å². The molecule has 1 aromatic heterocycles. The molecule has 0 saturated heterocycles. The van der Waals surface area contributed by atoms with E-state index in [1.165, 1.54) is 11.1 Å². The van der Waals surface area contributed by atoms with Gasteiger partial charge in [0.15, 0.2) is 0 Å². The Kier molecular flexibility index (Phi) is 2.83. The average molecular weight is 287 g/mol. The fourth-order valence-electron chi connectivity index (χ4n) is 3.07. The molecule has 3 heteroatoms. The Balaban J connectivity index is 1.93. The molecule has 0 unspecified atom stereocenters. The predicted octanol–water partition coefficient (Wildman–Crippen LogP) is 3.80. The van der Waals surface area contributed by atoms with Gasteiger partial charge in [0, 0.05) is 10.9 Å². The third-order valence-corrected chi connectivity index (χ3v) is 4.05. The molecule has 22 heavy (non-hydrogen) atoms. The predicted molar refractivity (Wildman–Crippen MR) is 89.4 cm³/mol. The number of nitrogens with zero attached hydrogens (tertiary/aromatic N) is 3. The van der Waals surface area contributed by atoms with Gasteiger partial charge < -0.3 is 0 Å². The van der Waals surface area contributed by atoms with Gasteiger partial charge in [0.1, 0.15) is 5.69 Å². The van der Waals surface area contributed by atoms with Crippen molar-refractivity contribution in [3.8, 4) is 0 Å². The molecule has 0 amide bonds. The van der Waals surface area contributed by atoms with E-state index in [9.17, 15) is 0 Å². The topological polar surface area (TPSA) is 38.1 Å². The monoisotopic (exact) mass is 287 g/mol. The van der Waals surface area contributed by atoms with Gasteiger partial charge in [-0.15, -0.1) is 10.2 Å². The Morgan fingerprint density at radius 2 is 1.68 bits per heavy atom. The van der Waals surface area contributed by atoms with E-state index in [0.717, 1.165) is 28.7 Å². The van der Waals surface area contributed by atoms with Crippen LogP contribution in [0.15, 0.2) is 59.6 Å². The SMILES string of the molecule is CC1(C)Cc2ccccc2C(c2cc3ccccc3nn2)=N1. The molecule has 0 spiro atoms. The smallest absolute Gasteiger partial charge is 0.112 e. The van der Waals surface area contributed by atoms with Gasteiger partial charge in [-0.1, -0.05) is 42.5 Å². The van der Waals surface area contributed by atoms with Crippen molar-refractivity contribution in [3.05, 3.63) is 71.4 Å². The van der Waals surface area contributed by atoms with E-state index in [-0.39, 0.29) is 5.54 Å². The summed E-state index contributed by atoms with van der Waals surface area (Å²) in [6, 6.07) is 18.6. The Bertz CT molecular complexity index is 894. The second-order valence-electron chi connectivity index (χ2n) is 6.40. The molecule has 2 aromatic carbocycles. The zero-order valence-corrected chi connectivity index (χ0v) is 12.7. The van der Waals surface area contributed by atoms with E-state index in [0.29, 0.717) is 0 Å². The van der Waals surface area contributed by atoms with Crippen LogP contribution in [0.5, 0.6) is 0 Å². The molecule has 108 valence electrons. The Hall–Kier alpha value is -2.55. The van der Waals surface area contributed by atoms with Crippen LogP contribution in [0.1, 0.15) is 30.7 Å². The van der Waals surface area contributed by atoms with Crippen molar-refractivity contribution in [1.82, 2.24) is 10.2 Å². The maximum Gasteiger partial charge on any atom is 0.112 e. The van der Waals surface area contributed by atoms with Crippen molar-refractivity contribution in [1.29, 1.82) is 0 Å². The molecular formula is C19H17N3. The molecule has 0 N–H and O–H groups in total. The second-order valence-corrected chi connectivity index (χ2v) is 6.40. The summed E-state index contributed by atoms with van der Waals surface area (Å²) in [5.74, 6) is 0. The molecule has 0 radical (unpaired) electrons. The molecule has 2 heterocycles. The summed E-state index contributed by atoms with van der Waals surface area (Å²) in [4.78, 5) is 4.95. The van der Waals surface area contributed by atoms with Gasteiger partial charge in [0.05, 0.1) is 16.8 Å². The lowest BCUT2D eigenvalue weighted by Gasteiger charge is -2.28.